The molecule has 9 heteroatoms. The minimum absolute atomic E-state index is 0.613. The first-order valence-corrected chi connectivity index (χ1v) is 9.49. The monoisotopic (exact) mass is 371 g/mol. The Morgan fingerprint density at radius 3 is 2.56 bits per heavy atom. The first-order valence-electron chi connectivity index (χ1n) is 9.49. The van der Waals surface area contributed by atoms with Gasteiger partial charge < -0.3 is 15.5 Å². The number of nitrogens with one attached hydrogen (secondary N) is 2. The molecule has 2 N–H and O–H groups in total. The molecule has 0 amide bonds. The summed E-state index contributed by atoms with van der Waals surface area (Å²) in [5, 5.41) is 10.9. The molecule has 1 fully saturated rings. The van der Waals surface area contributed by atoms with Crippen LogP contribution in [0.1, 0.15) is 12.6 Å². The second-order valence-corrected chi connectivity index (χ2v) is 6.45. The van der Waals surface area contributed by atoms with Gasteiger partial charge in [-0.05, 0) is 19.1 Å². The molecule has 0 aromatic carbocycles. The van der Waals surface area contributed by atoms with Crippen molar-refractivity contribution < 1.29 is 0 Å². The van der Waals surface area contributed by atoms with Gasteiger partial charge in [0.15, 0.2) is 5.96 Å². The van der Waals surface area contributed by atoms with Crippen LogP contribution >= 0.6 is 0 Å². The maximum absolute atomic E-state index is 4.64. The van der Waals surface area contributed by atoms with Gasteiger partial charge in [-0.3, -0.25) is 9.58 Å². The Kier molecular flexibility index (Phi) is 6.97. The summed E-state index contributed by atoms with van der Waals surface area (Å²) in [7, 11) is 1.94. The fraction of sp³-hybridized carbons (Fsp3) is 0.556. The molecule has 0 aliphatic carbocycles. The first kappa shape index (κ1) is 19.1. The van der Waals surface area contributed by atoms with E-state index in [1.807, 2.05) is 23.9 Å². The van der Waals surface area contributed by atoms with E-state index in [0.717, 1.165) is 63.4 Å². The molecule has 0 radical (unpaired) electrons. The molecule has 0 spiro atoms. The Morgan fingerprint density at radius 2 is 1.89 bits per heavy atom. The number of hydrogen-bond acceptors (Lipinski definition) is 6. The molecule has 2 aromatic heterocycles. The lowest BCUT2D eigenvalue weighted by molar-refractivity contribution is 0.260. The van der Waals surface area contributed by atoms with Gasteiger partial charge in [0.05, 0.1) is 12.2 Å². The van der Waals surface area contributed by atoms with Crippen LogP contribution in [-0.2, 0) is 13.6 Å². The van der Waals surface area contributed by atoms with E-state index < -0.39 is 0 Å². The highest BCUT2D eigenvalue weighted by Gasteiger charge is 2.18. The Morgan fingerprint density at radius 1 is 1.11 bits per heavy atom. The summed E-state index contributed by atoms with van der Waals surface area (Å²) in [4.78, 5) is 18.0. The number of anilines is 1. The van der Waals surface area contributed by atoms with E-state index in [1.54, 1.807) is 18.6 Å². The largest absolute Gasteiger partial charge is 0.357 e. The van der Waals surface area contributed by atoms with Crippen LogP contribution < -0.4 is 15.5 Å². The highest BCUT2D eigenvalue weighted by atomic mass is 15.3. The minimum atomic E-state index is 0.613. The molecule has 9 nitrogen and oxygen atoms in total. The zero-order valence-electron chi connectivity index (χ0n) is 16.2. The molecule has 0 atom stereocenters. The molecule has 27 heavy (non-hydrogen) atoms. The number of hydrogen-bond donors (Lipinski definition) is 2. The van der Waals surface area contributed by atoms with E-state index in [9.17, 15) is 0 Å². The van der Waals surface area contributed by atoms with Crippen LogP contribution in [0.25, 0.3) is 0 Å². The Hall–Kier alpha value is -2.68. The number of guanidine groups is 1. The fourth-order valence-electron chi connectivity index (χ4n) is 3.02. The fourth-order valence-corrected chi connectivity index (χ4v) is 3.02. The summed E-state index contributed by atoms with van der Waals surface area (Å²) in [6, 6.07) is 3.84. The average Bonchev–Trinajstić information content (AvgIpc) is 3.12. The van der Waals surface area contributed by atoms with Crippen molar-refractivity contribution in [2.75, 3.05) is 50.7 Å². The third kappa shape index (κ3) is 5.65. The predicted molar refractivity (Wildman–Crippen MR) is 107 cm³/mol. The molecule has 3 heterocycles. The molecular weight excluding hydrogens is 342 g/mol. The van der Waals surface area contributed by atoms with Gasteiger partial charge >= 0.3 is 0 Å². The van der Waals surface area contributed by atoms with Crippen LogP contribution in [0.5, 0.6) is 0 Å². The van der Waals surface area contributed by atoms with E-state index in [1.165, 1.54) is 0 Å². The molecule has 1 aliphatic heterocycles. The van der Waals surface area contributed by atoms with E-state index in [2.05, 4.69) is 47.4 Å². The number of aliphatic imine (C=N–C) groups is 1. The van der Waals surface area contributed by atoms with E-state index >= 15 is 0 Å². The van der Waals surface area contributed by atoms with Gasteiger partial charge in [-0.1, -0.05) is 0 Å². The normalized spacial score (nSPS) is 15.8. The van der Waals surface area contributed by atoms with Crippen LogP contribution in [-0.4, -0.2) is 76.4 Å². The van der Waals surface area contributed by atoms with Crippen LogP contribution in [0.2, 0.25) is 0 Å². The summed E-state index contributed by atoms with van der Waals surface area (Å²) in [6.07, 6.45) is 5.39. The molecule has 0 saturated carbocycles. The summed E-state index contributed by atoms with van der Waals surface area (Å²) in [5.74, 6) is 1.67. The molecule has 1 saturated heterocycles. The first-order chi connectivity index (χ1) is 13.3. The average molecular weight is 371 g/mol. The molecule has 0 bridgehead atoms. The van der Waals surface area contributed by atoms with Gasteiger partial charge in [-0.15, -0.1) is 0 Å². The van der Waals surface area contributed by atoms with Gasteiger partial charge in [0.25, 0.3) is 0 Å². The lowest BCUT2D eigenvalue weighted by Crippen LogP contribution is -2.49. The van der Waals surface area contributed by atoms with Crippen LogP contribution in [0, 0.1) is 0 Å². The van der Waals surface area contributed by atoms with Crippen LogP contribution in [0.3, 0.4) is 0 Å². The van der Waals surface area contributed by atoms with E-state index in [4.69, 9.17) is 0 Å². The summed E-state index contributed by atoms with van der Waals surface area (Å²) < 4.78 is 1.85. The quantitative estimate of drug-likeness (QED) is 0.527. The Balaban J connectivity index is 1.41. The number of aryl methyl sites for hydroxylation is 1. The van der Waals surface area contributed by atoms with Gasteiger partial charge in [-0.25, -0.2) is 15.0 Å². The third-order valence-electron chi connectivity index (χ3n) is 4.59. The Labute approximate surface area is 160 Å². The van der Waals surface area contributed by atoms with Crippen molar-refractivity contribution in [3.05, 3.63) is 36.4 Å². The van der Waals surface area contributed by atoms with Gasteiger partial charge in [0.2, 0.25) is 5.95 Å². The van der Waals surface area contributed by atoms with Gasteiger partial charge in [0.1, 0.15) is 0 Å². The standard InChI is InChI=1S/C18H29N9/c1-3-19-17(23-15-16-5-8-24-25(16)2)20-9-10-26-11-13-27(14-12-26)18-21-6-4-7-22-18/h4-8H,3,9-15H2,1-2H3,(H2,19,20,23). The third-order valence-corrected chi connectivity index (χ3v) is 4.59. The second-order valence-electron chi connectivity index (χ2n) is 6.45. The second kappa shape index (κ2) is 9.86. The molecule has 2 aromatic rings. The Bertz CT molecular complexity index is 705. The molecule has 3 rings (SSSR count). The molecule has 146 valence electrons. The summed E-state index contributed by atoms with van der Waals surface area (Å²) in [6.45, 7) is 9.32. The zero-order valence-corrected chi connectivity index (χ0v) is 16.2. The maximum Gasteiger partial charge on any atom is 0.225 e. The van der Waals surface area contributed by atoms with Gasteiger partial charge in [0, 0.05) is 71.5 Å². The van der Waals surface area contributed by atoms with Crippen molar-refractivity contribution >= 4 is 11.9 Å². The summed E-state index contributed by atoms with van der Waals surface area (Å²) >= 11 is 0. The number of nitrogens with zero attached hydrogens (tertiary/aromatic N) is 7. The minimum Gasteiger partial charge on any atom is -0.357 e. The van der Waals surface area contributed by atoms with E-state index in [0.29, 0.717) is 6.54 Å². The van der Waals surface area contributed by atoms with Crippen molar-refractivity contribution in [2.45, 2.75) is 13.5 Å². The zero-order chi connectivity index (χ0) is 18.9. The smallest absolute Gasteiger partial charge is 0.225 e. The lowest BCUT2D eigenvalue weighted by atomic mass is 10.3. The van der Waals surface area contributed by atoms with Crippen molar-refractivity contribution in [3.8, 4) is 0 Å². The maximum atomic E-state index is 4.64. The number of piperazine rings is 1. The summed E-state index contributed by atoms with van der Waals surface area (Å²) in [5.41, 5.74) is 1.09. The highest BCUT2D eigenvalue weighted by Crippen LogP contribution is 2.09. The molecule has 1 aliphatic rings. The van der Waals surface area contributed by atoms with Gasteiger partial charge in [-0.2, -0.15) is 5.10 Å². The van der Waals surface area contributed by atoms with E-state index in [-0.39, 0.29) is 0 Å². The highest BCUT2D eigenvalue weighted by molar-refractivity contribution is 5.79. The molecular formula is C18H29N9. The number of rotatable bonds is 7. The van der Waals surface area contributed by atoms with Crippen molar-refractivity contribution in [3.63, 3.8) is 0 Å². The van der Waals surface area contributed by atoms with Crippen LogP contribution in [0.4, 0.5) is 5.95 Å². The predicted octanol–water partition coefficient (Wildman–Crippen LogP) is 0.0874. The van der Waals surface area contributed by atoms with Crippen LogP contribution in [0.15, 0.2) is 35.7 Å². The van der Waals surface area contributed by atoms with Crippen molar-refractivity contribution in [1.82, 2.24) is 35.3 Å². The lowest BCUT2D eigenvalue weighted by Gasteiger charge is -2.34. The van der Waals surface area contributed by atoms with Crippen molar-refractivity contribution in [1.29, 1.82) is 0 Å². The topological polar surface area (TPSA) is 86.5 Å². The SMILES string of the molecule is CCNC(=NCc1ccnn1C)NCCN1CCN(c2ncccn2)CC1. The van der Waals surface area contributed by atoms with Crippen molar-refractivity contribution in [2.24, 2.45) is 12.0 Å². The number of aromatic nitrogens is 4. The molecule has 0 unspecified atom stereocenters.